The van der Waals surface area contributed by atoms with Crippen LogP contribution in [0, 0.1) is 0 Å². The van der Waals surface area contributed by atoms with Crippen molar-refractivity contribution in [3.8, 4) is 0 Å². The molecule has 0 radical (unpaired) electrons. The van der Waals surface area contributed by atoms with Crippen molar-refractivity contribution in [1.82, 2.24) is 10.1 Å². The van der Waals surface area contributed by atoms with E-state index in [9.17, 15) is 4.79 Å². The highest BCUT2D eigenvalue weighted by molar-refractivity contribution is 5.94. The fourth-order valence-electron chi connectivity index (χ4n) is 1.06. The second-order valence-corrected chi connectivity index (χ2v) is 3.27. The van der Waals surface area contributed by atoms with E-state index < -0.39 is 0 Å². The Morgan fingerprint density at radius 1 is 1.62 bits per heavy atom. The highest BCUT2D eigenvalue weighted by Crippen LogP contribution is 2.09. The molecule has 1 aromatic heterocycles. The van der Waals surface area contributed by atoms with E-state index in [1.807, 2.05) is 19.0 Å². The average molecular weight is 182 g/mol. The van der Waals surface area contributed by atoms with Crippen molar-refractivity contribution >= 4 is 5.78 Å². The maximum Gasteiger partial charge on any atom is 0.164 e. The highest BCUT2D eigenvalue weighted by Gasteiger charge is 2.11. The third-order valence-corrected chi connectivity index (χ3v) is 1.81. The number of carbonyl (C=O) groups is 1. The first-order valence-corrected chi connectivity index (χ1v) is 4.20. The molecule has 1 aromatic rings. The molecule has 13 heavy (non-hydrogen) atoms. The SMILES string of the molecule is CC(=O)c1cnoc1CCN(C)C. The van der Waals surface area contributed by atoms with E-state index >= 15 is 0 Å². The van der Waals surface area contributed by atoms with Crippen molar-refractivity contribution in [2.24, 2.45) is 0 Å². The number of aromatic nitrogens is 1. The minimum absolute atomic E-state index is 0.00926. The van der Waals surface area contributed by atoms with Gasteiger partial charge < -0.3 is 9.42 Å². The molecule has 0 N–H and O–H groups in total. The number of ketones is 1. The van der Waals surface area contributed by atoms with Crippen LogP contribution in [0.3, 0.4) is 0 Å². The molecule has 4 nitrogen and oxygen atoms in total. The third-order valence-electron chi connectivity index (χ3n) is 1.81. The molecule has 0 aromatic carbocycles. The van der Waals surface area contributed by atoms with Crippen molar-refractivity contribution in [3.63, 3.8) is 0 Å². The first kappa shape index (κ1) is 9.92. The van der Waals surface area contributed by atoms with Crippen LogP contribution in [-0.4, -0.2) is 36.5 Å². The van der Waals surface area contributed by atoms with Crippen molar-refractivity contribution in [1.29, 1.82) is 0 Å². The van der Waals surface area contributed by atoms with Crippen molar-refractivity contribution < 1.29 is 9.32 Å². The number of hydrogen-bond donors (Lipinski definition) is 0. The topological polar surface area (TPSA) is 46.3 Å². The van der Waals surface area contributed by atoms with Crippen LogP contribution in [0.5, 0.6) is 0 Å². The summed E-state index contributed by atoms with van der Waals surface area (Å²) < 4.78 is 4.98. The van der Waals surface area contributed by atoms with Gasteiger partial charge in [-0.2, -0.15) is 0 Å². The first-order chi connectivity index (χ1) is 6.11. The Hall–Kier alpha value is -1.16. The lowest BCUT2D eigenvalue weighted by Crippen LogP contribution is -2.15. The number of hydrogen-bond acceptors (Lipinski definition) is 4. The summed E-state index contributed by atoms with van der Waals surface area (Å²) in [7, 11) is 3.95. The minimum atomic E-state index is 0.00926. The van der Waals surface area contributed by atoms with Gasteiger partial charge in [-0.3, -0.25) is 4.79 Å². The molecule has 0 unspecified atom stereocenters. The van der Waals surface area contributed by atoms with Gasteiger partial charge >= 0.3 is 0 Å². The Labute approximate surface area is 77.5 Å². The third kappa shape index (κ3) is 2.66. The minimum Gasteiger partial charge on any atom is -0.361 e. The zero-order valence-corrected chi connectivity index (χ0v) is 8.20. The van der Waals surface area contributed by atoms with Crippen LogP contribution in [0.25, 0.3) is 0 Å². The van der Waals surface area contributed by atoms with Gasteiger partial charge in [0.2, 0.25) is 0 Å². The van der Waals surface area contributed by atoms with Crippen LogP contribution >= 0.6 is 0 Å². The van der Waals surface area contributed by atoms with E-state index in [1.165, 1.54) is 13.1 Å². The van der Waals surface area contributed by atoms with E-state index in [0.29, 0.717) is 11.3 Å². The molecule has 4 heteroatoms. The molecule has 0 bridgehead atoms. The molecular formula is C9H14N2O2. The maximum atomic E-state index is 11.1. The van der Waals surface area contributed by atoms with Crippen LogP contribution in [0.1, 0.15) is 23.0 Å². The standard InChI is InChI=1S/C9H14N2O2/c1-7(12)8-6-10-13-9(8)4-5-11(2)3/h6H,4-5H2,1-3H3. The summed E-state index contributed by atoms with van der Waals surface area (Å²) in [5.41, 5.74) is 0.599. The number of rotatable bonds is 4. The van der Waals surface area contributed by atoms with Gasteiger partial charge in [0, 0.05) is 13.0 Å². The van der Waals surface area contributed by atoms with Gasteiger partial charge in [-0.1, -0.05) is 5.16 Å². The summed E-state index contributed by atoms with van der Waals surface area (Å²) in [4.78, 5) is 13.1. The fraction of sp³-hybridized carbons (Fsp3) is 0.556. The Bertz CT molecular complexity index is 292. The Morgan fingerprint density at radius 3 is 2.85 bits per heavy atom. The zero-order valence-electron chi connectivity index (χ0n) is 8.20. The maximum absolute atomic E-state index is 11.1. The molecule has 0 aliphatic rings. The number of carbonyl (C=O) groups excluding carboxylic acids is 1. The number of Topliss-reactive ketones (excluding diaryl/α,β-unsaturated/α-hetero) is 1. The van der Waals surface area contributed by atoms with Gasteiger partial charge in [-0.05, 0) is 21.0 Å². The number of nitrogens with zero attached hydrogens (tertiary/aromatic N) is 2. The largest absolute Gasteiger partial charge is 0.361 e. The molecule has 0 aliphatic heterocycles. The van der Waals surface area contributed by atoms with E-state index in [4.69, 9.17) is 4.52 Å². The van der Waals surface area contributed by atoms with E-state index in [0.717, 1.165) is 13.0 Å². The lowest BCUT2D eigenvalue weighted by molar-refractivity contribution is 0.101. The van der Waals surface area contributed by atoms with E-state index in [2.05, 4.69) is 5.16 Å². The van der Waals surface area contributed by atoms with Gasteiger partial charge in [-0.15, -0.1) is 0 Å². The summed E-state index contributed by atoms with van der Waals surface area (Å²) in [5.74, 6) is 0.691. The second kappa shape index (κ2) is 4.18. The fourth-order valence-corrected chi connectivity index (χ4v) is 1.06. The normalized spacial score (nSPS) is 10.8. The van der Waals surface area contributed by atoms with E-state index in [-0.39, 0.29) is 5.78 Å². The summed E-state index contributed by atoms with van der Waals surface area (Å²) >= 11 is 0. The van der Waals surface area contributed by atoms with Gasteiger partial charge in [0.1, 0.15) is 5.76 Å². The lowest BCUT2D eigenvalue weighted by atomic mass is 10.1. The average Bonchev–Trinajstić information content (AvgIpc) is 2.47. The van der Waals surface area contributed by atoms with Crippen LogP contribution < -0.4 is 0 Å². The predicted molar refractivity (Wildman–Crippen MR) is 48.8 cm³/mol. The quantitative estimate of drug-likeness (QED) is 0.651. The summed E-state index contributed by atoms with van der Waals surface area (Å²) in [6.45, 7) is 2.38. The monoisotopic (exact) mass is 182 g/mol. The Kier molecular flexibility index (Phi) is 3.19. The van der Waals surface area contributed by atoms with E-state index in [1.54, 1.807) is 0 Å². The van der Waals surface area contributed by atoms with Crippen molar-refractivity contribution in [2.45, 2.75) is 13.3 Å². The smallest absolute Gasteiger partial charge is 0.164 e. The van der Waals surface area contributed by atoms with Gasteiger partial charge in [0.15, 0.2) is 5.78 Å². The molecule has 0 saturated heterocycles. The molecule has 0 fully saturated rings. The van der Waals surface area contributed by atoms with Gasteiger partial charge in [0.05, 0.1) is 11.8 Å². The predicted octanol–water partition coefficient (Wildman–Crippen LogP) is 0.981. The van der Waals surface area contributed by atoms with Crippen molar-refractivity contribution in [2.75, 3.05) is 20.6 Å². The number of likely N-dealkylation sites (N-methyl/N-ethyl adjacent to an activating group) is 1. The molecule has 0 saturated carbocycles. The van der Waals surface area contributed by atoms with Crippen LogP contribution in [0.15, 0.2) is 10.7 Å². The lowest BCUT2D eigenvalue weighted by Gasteiger charge is -2.06. The van der Waals surface area contributed by atoms with Crippen LogP contribution in [0.2, 0.25) is 0 Å². The summed E-state index contributed by atoms with van der Waals surface area (Å²) in [6.07, 6.45) is 2.20. The molecule has 72 valence electrons. The molecule has 1 rings (SSSR count). The van der Waals surface area contributed by atoms with Gasteiger partial charge in [0.25, 0.3) is 0 Å². The van der Waals surface area contributed by atoms with Gasteiger partial charge in [-0.25, -0.2) is 0 Å². The molecule has 0 atom stereocenters. The summed E-state index contributed by atoms with van der Waals surface area (Å²) in [5, 5.41) is 3.61. The van der Waals surface area contributed by atoms with Crippen LogP contribution in [-0.2, 0) is 6.42 Å². The molecule has 0 aliphatic carbocycles. The highest BCUT2D eigenvalue weighted by atomic mass is 16.5. The first-order valence-electron chi connectivity index (χ1n) is 4.20. The molecule has 0 amide bonds. The molecular weight excluding hydrogens is 168 g/mol. The molecule has 0 spiro atoms. The second-order valence-electron chi connectivity index (χ2n) is 3.27. The van der Waals surface area contributed by atoms with Crippen LogP contribution in [0.4, 0.5) is 0 Å². The molecule has 1 heterocycles. The Morgan fingerprint density at radius 2 is 2.31 bits per heavy atom. The zero-order chi connectivity index (χ0) is 9.84. The van der Waals surface area contributed by atoms with Crippen molar-refractivity contribution in [3.05, 3.63) is 17.5 Å². The Balaban J connectivity index is 2.65. The summed E-state index contributed by atoms with van der Waals surface area (Å²) in [6, 6.07) is 0.